The van der Waals surface area contributed by atoms with Crippen LogP contribution in [0, 0.1) is 0 Å². The Bertz CT molecular complexity index is 1520. The number of rotatable bonds is 9. The Labute approximate surface area is 253 Å². The number of fused-ring (bicyclic) bond motifs is 1. The second-order valence-corrected chi connectivity index (χ2v) is 12.6. The molecule has 2 fully saturated rings. The predicted molar refractivity (Wildman–Crippen MR) is 160 cm³/mol. The Hall–Kier alpha value is -3.33. The summed E-state index contributed by atoms with van der Waals surface area (Å²) >= 11 is 0. The minimum absolute atomic E-state index is 0.0313. The van der Waals surface area contributed by atoms with Gasteiger partial charge in [-0.2, -0.15) is 18.3 Å². The molecule has 2 atom stereocenters. The van der Waals surface area contributed by atoms with E-state index in [9.17, 15) is 18.3 Å². The van der Waals surface area contributed by atoms with Gasteiger partial charge in [-0.15, -0.1) is 0 Å². The van der Waals surface area contributed by atoms with E-state index in [0.717, 1.165) is 55.1 Å². The summed E-state index contributed by atoms with van der Waals surface area (Å²) in [5.41, 5.74) is 6.85. The summed E-state index contributed by atoms with van der Waals surface area (Å²) in [5.74, 6) is 0.0313. The monoisotopic (exact) mass is 615 g/mol. The number of hydrogen-bond acceptors (Lipinski definition) is 9. The number of alkyl halides is 3. The standard InChI is InChI=1S/C30H40F3N9O2/c1-19(16-43)36-13-20-9-25(40-28(2,10-20)30(31,32)33)44-23-4-7-41(8-5-23)22-11-29(12-22,17-34)42-15-21(14-39-42)26-24-3-6-35-27(24)38-18-37-26/h3,6,9,14-15,18-19,22-23,36,43H,4-5,7-8,10-13,16-17,34H2,1-2H3,(H,35,37,38)/t19-,22?,28?,29?/m0/s1. The maximum absolute atomic E-state index is 14.0. The highest BCUT2D eigenvalue weighted by molar-refractivity contribution is 5.90. The van der Waals surface area contributed by atoms with Crippen molar-refractivity contribution in [1.82, 2.24) is 34.9 Å². The number of halogens is 3. The van der Waals surface area contributed by atoms with E-state index in [1.54, 1.807) is 19.3 Å². The number of ether oxygens (including phenoxy) is 1. The Morgan fingerprint density at radius 3 is 2.73 bits per heavy atom. The van der Waals surface area contributed by atoms with Crippen molar-refractivity contribution >= 4 is 16.9 Å². The van der Waals surface area contributed by atoms with Crippen LogP contribution in [-0.2, 0) is 10.3 Å². The molecule has 44 heavy (non-hydrogen) atoms. The molecular formula is C30H40F3N9O2. The van der Waals surface area contributed by atoms with E-state index < -0.39 is 11.7 Å². The van der Waals surface area contributed by atoms with Gasteiger partial charge in [0.25, 0.3) is 0 Å². The maximum Gasteiger partial charge on any atom is 0.413 e. The molecule has 0 spiro atoms. The Morgan fingerprint density at radius 1 is 1.25 bits per heavy atom. The second kappa shape index (κ2) is 11.9. The van der Waals surface area contributed by atoms with Gasteiger partial charge in [0.2, 0.25) is 5.90 Å². The number of hydrogen-bond donors (Lipinski definition) is 4. The summed E-state index contributed by atoms with van der Waals surface area (Å²) in [4.78, 5) is 18.3. The lowest BCUT2D eigenvalue weighted by Crippen LogP contribution is -2.61. The van der Waals surface area contributed by atoms with Crippen LogP contribution in [-0.4, -0.2) is 103 Å². The normalized spacial score (nSPS) is 27.6. The summed E-state index contributed by atoms with van der Waals surface area (Å²) in [6.45, 7) is 5.04. The highest BCUT2D eigenvalue weighted by Crippen LogP contribution is 2.43. The average Bonchev–Trinajstić information content (AvgIpc) is 3.66. The molecule has 0 radical (unpaired) electrons. The SMILES string of the molecule is C[C@@H](CO)NCC1=CC(OC2CCN(C3CC(CN)(n4cc(-c5ncnc6[nH]ccc56)cn4)C3)CC2)=NC(C)(C(F)(F)F)C1. The first-order chi connectivity index (χ1) is 21.0. The average molecular weight is 616 g/mol. The smallest absolute Gasteiger partial charge is 0.413 e. The minimum Gasteiger partial charge on any atom is -0.474 e. The number of H-pyrrole nitrogens is 1. The number of dihydropyridines is 1. The van der Waals surface area contributed by atoms with Gasteiger partial charge < -0.3 is 25.9 Å². The van der Waals surface area contributed by atoms with Crippen LogP contribution < -0.4 is 11.1 Å². The molecule has 2 aliphatic heterocycles. The molecule has 3 aromatic heterocycles. The highest BCUT2D eigenvalue weighted by atomic mass is 19.4. The lowest BCUT2D eigenvalue weighted by atomic mass is 9.71. The summed E-state index contributed by atoms with van der Waals surface area (Å²) in [6, 6.07) is 2.07. The molecule has 6 rings (SSSR count). The summed E-state index contributed by atoms with van der Waals surface area (Å²) < 4.78 is 50.0. The molecule has 5 N–H and O–H groups in total. The number of aromatic nitrogens is 5. The van der Waals surface area contributed by atoms with E-state index in [4.69, 9.17) is 10.5 Å². The molecule has 0 bridgehead atoms. The van der Waals surface area contributed by atoms with Crippen molar-refractivity contribution in [3.05, 3.63) is 42.6 Å². The van der Waals surface area contributed by atoms with Gasteiger partial charge in [-0.1, -0.05) is 0 Å². The van der Waals surface area contributed by atoms with Gasteiger partial charge >= 0.3 is 6.18 Å². The van der Waals surface area contributed by atoms with E-state index in [1.807, 2.05) is 29.3 Å². The van der Waals surface area contributed by atoms with E-state index in [-0.39, 0.29) is 43.2 Å². The Kier molecular flexibility index (Phi) is 8.28. The lowest BCUT2D eigenvalue weighted by Gasteiger charge is -2.52. The maximum atomic E-state index is 14.0. The third kappa shape index (κ3) is 5.87. The number of nitrogens with two attached hydrogens (primary N) is 1. The third-order valence-electron chi connectivity index (χ3n) is 9.41. The van der Waals surface area contributed by atoms with Crippen LogP contribution in [0.5, 0.6) is 0 Å². The summed E-state index contributed by atoms with van der Waals surface area (Å²) in [6.07, 6.45) is 6.99. The molecule has 5 heterocycles. The fourth-order valence-electron chi connectivity index (χ4n) is 6.55. The molecule has 1 unspecified atom stereocenters. The van der Waals surface area contributed by atoms with Crippen molar-refractivity contribution in [3.63, 3.8) is 0 Å². The number of nitrogens with zero attached hydrogens (tertiary/aromatic N) is 6. The summed E-state index contributed by atoms with van der Waals surface area (Å²) in [5, 5.41) is 18.0. The predicted octanol–water partition coefficient (Wildman–Crippen LogP) is 3.14. The van der Waals surface area contributed by atoms with Crippen molar-refractivity contribution in [1.29, 1.82) is 0 Å². The van der Waals surface area contributed by atoms with E-state index in [0.29, 0.717) is 31.0 Å². The van der Waals surface area contributed by atoms with Crippen molar-refractivity contribution in [3.8, 4) is 11.3 Å². The largest absolute Gasteiger partial charge is 0.474 e. The molecular weight excluding hydrogens is 575 g/mol. The van der Waals surface area contributed by atoms with E-state index in [1.165, 1.54) is 0 Å². The minimum atomic E-state index is -4.51. The first-order valence-corrected chi connectivity index (χ1v) is 15.2. The number of aliphatic hydroxyl groups excluding tert-OH is 1. The molecule has 238 valence electrons. The second-order valence-electron chi connectivity index (χ2n) is 12.6. The van der Waals surface area contributed by atoms with Gasteiger partial charge in [0.1, 0.15) is 18.1 Å². The lowest BCUT2D eigenvalue weighted by molar-refractivity contribution is -0.180. The zero-order valence-electron chi connectivity index (χ0n) is 25.0. The molecule has 1 aliphatic carbocycles. The summed E-state index contributed by atoms with van der Waals surface area (Å²) in [7, 11) is 0. The topological polar surface area (TPSA) is 142 Å². The molecule has 0 aromatic carbocycles. The van der Waals surface area contributed by atoms with Crippen LogP contribution in [0.2, 0.25) is 0 Å². The van der Waals surface area contributed by atoms with Gasteiger partial charge in [-0.3, -0.25) is 9.58 Å². The zero-order valence-corrected chi connectivity index (χ0v) is 25.0. The zero-order chi connectivity index (χ0) is 31.1. The van der Waals surface area contributed by atoms with Crippen LogP contribution in [0.25, 0.3) is 22.3 Å². The van der Waals surface area contributed by atoms with Crippen molar-refractivity contribution in [2.75, 3.05) is 32.8 Å². The van der Waals surface area contributed by atoms with Crippen LogP contribution in [0.3, 0.4) is 0 Å². The van der Waals surface area contributed by atoms with E-state index in [2.05, 4.69) is 35.3 Å². The highest BCUT2D eigenvalue weighted by Gasteiger charge is 2.53. The quantitative estimate of drug-likeness (QED) is 0.288. The molecule has 0 amide bonds. The van der Waals surface area contributed by atoms with E-state index >= 15 is 0 Å². The fraction of sp³-hybridized carbons (Fsp3) is 0.600. The molecule has 11 nitrogen and oxygen atoms in total. The third-order valence-corrected chi connectivity index (χ3v) is 9.41. The van der Waals surface area contributed by atoms with Crippen molar-refractivity contribution < 1.29 is 23.0 Å². The van der Waals surface area contributed by atoms with Gasteiger partial charge in [0, 0.05) is 74.1 Å². The van der Waals surface area contributed by atoms with Crippen LogP contribution in [0.1, 0.15) is 46.0 Å². The van der Waals surface area contributed by atoms with Gasteiger partial charge in [-0.05, 0) is 51.2 Å². The number of aliphatic hydroxyl groups is 1. The molecule has 1 saturated heterocycles. The van der Waals surface area contributed by atoms with Gasteiger partial charge in [0.05, 0.1) is 24.0 Å². The Morgan fingerprint density at radius 2 is 2.02 bits per heavy atom. The van der Waals surface area contributed by atoms with Crippen LogP contribution in [0.15, 0.2) is 47.6 Å². The Balaban J connectivity index is 1.06. The van der Waals surface area contributed by atoms with Gasteiger partial charge in [-0.25, -0.2) is 15.0 Å². The number of nitrogens with one attached hydrogen (secondary N) is 2. The van der Waals surface area contributed by atoms with Crippen LogP contribution >= 0.6 is 0 Å². The molecule has 14 heteroatoms. The van der Waals surface area contributed by atoms with Crippen molar-refractivity contribution in [2.24, 2.45) is 10.7 Å². The number of piperidine rings is 1. The molecule has 3 aromatic rings. The number of aliphatic imine (C=N–C) groups is 1. The number of likely N-dealkylation sites (tertiary alicyclic amines) is 1. The first-order valence-electron chi connectivity index (χ1n) is 15.2. The van der Waals surface area contributed by atoms with Crippen LogP contribution in [0.4, 0.5) is 13.2 Å². The van der Waals surface area contributed by atoms with Gasteiger partial charge in [0.15, 0.2) is 5.54 Å². The number of aromatic amines is 1. The first kappa shape index (κ1) is 30.7. The molecule has 3 aliphatic rings. The fourth-order valence-corrected chi connectivity index (χ4v) is 6.55. The molecule has 1 saturated carbocycles. The van der Waals surface area contributed by atoms with Crippen molar-refractivity contribution in [2.45, 2.75) is 81.4 Å².